The molecular formula is C17H30N6O2. The molecule has 3 unspecified atom stereocenters. The van der Waals surface area contributed by atoms with Crippen LogP contribution in [0.4, 0.5) is 4.79 Å². The zero-order chi connectivity index (χ0) is 18.0. The number of ether oxygens (including phenoxy) is 1. The van der Waals surface area contributed by atoms with Crippen LogP contribution in [0.1, 0.15) is 52.4 Å². The molecule has 1 aromatic rings. The fourth-order valence-electron chi connectivity index (χ4n) is 3.72. The molecule has 0 aromatic carbocycles. The summed E-state index contributed by atoms with van der Waals surface area (Å²) in [6.07, 6.45) is 3.87. The first kappa shape index (κ1) is 18.1. The molecule has 1 fully saturated rings. The van der Waals surface area contributed by atoms with Gasteiger partial charge in [0.2, 0.25) is 0 Å². The summed E-state index contributed by atoms with van der Waals surface area (Å²) in [5.41, 5.74) is -0.129. The third kappa shape index (κ3) is 4.30. The van der Waals surface area contributed by atoms with Crippen molar-refractivity contribution in [3.05, 3.63) is 12.2 Å². The van der Waals surface area contributed by atoms with E-state index in [0.717, 1.165) is 38.3 Å². The van der Waals surface area contributed by atoms with Gasteiger partial charge in [-0.05, 0) is 40.5 Å². The smallest absolute Gasteiger partial charge is 0.315 e. The van der Waals surface area contributed by atoms with Gasteiger partial charge in [0.15, 0.2) is 0 Å². The number of aromatic nitrogens is 3. The third-order valence-electron chi connectivity index (χ3n) is 5.08. The number of fused-ring (bicyclic) bond motifs is 1. The molecule has 2 amide bonds. The van der Waals surface area contributed by atoms with Gasteiger partial charge < -0.3 is 15.4 Å². The second kappa shape index (κ2) is 7.29. The van der Waals surface area contributed by atoms with Gasteiger partial charge in [-0.15, -0.1) is 0 Å². The Morgan fingerprint density at radius 1 is 1.36 bits per heavy atom. The second-order valence-corrected chi connectivity index (χ2v) is 7.84. The van der Waals surface area contributed by atoms with Crippen LogP contribution in [0, 0.1) is 0 Å². The van der Waals surface area contributed by atoms with E-state index in [1.54, 1.807) is 6.33 Å². The molecule has 3 rings (SSSR count). The van der Waals surface area contributed by atoms with Crippen LogP contribution in [-0.2, 0) is 11.3 Å². The summed E-state index contributed by atoms with van der Waals surface area (Å²) in [5.74, 6) is 0.844. The molecule has 1 aromatic heterocycles. The Balaban J connectivity index is 1.52. The summed E-state index contributed by atoms with van der Waals surface area (Å²) in [7, 11) is 0. The van der Waals surface area contributed by atoms with Crippen LogP contribution in [-0.4, -0.2) is 63.1 Å². The minimum Gasteiger partial charge on any atom is -0.373 e. The Morgan fingerprint density at radius 2 is 2.08 bits per heavy atom. The van der Waals surface area contributed by atoms with Crippen molar-refractivity contribution in [2.75, 3.05) is 19.6 Å². The summed E-state index contributed by atoms with van der Waals surface area (Å²) in [5, 5.41) is 10.3. The topological polar surface area (TPSA) is 84.3 Å². The number of urea groups is 1. The van der Waals surface area contributed by atoms with E-state index >= 15 is 0 Å². The van der Waals surface area contributed by atoms with Crippen molar-refractivity contribution in [1.82, 2.24) is 30.3 Å². The summed E-state index contributed by atoms with van der Waals surface area (Å²) < 4.78 is 7.68. The molecule has 2 N–H and O–H groups in total. The lowest BCUT2D eigenvalue weighted by molar-refractivity contribution is -0.0947. The first-order valence-electron chi connectivity index (χ1n) is 9.18. The zero-order valence-electron chi connectivity index (χ0n) is 15.7. The first-order chi connectivity index (χ1) is 11.8. The first-order valence-corrected chi connectivity index (χ1v) is 9.18. The molecule has 140 valence electrons. The minimum atomic E-state index is -0.149. The highest BCUT2D eigenvalue weighted by Crippen LogP contribution is 2.22. The van der Waals surface area contributed by atoms with E-state index in [4.69, 9.17) is 4.74 Å². The fourth-order valence-corrected chi connectivity index (χ4v) is 3.72. The largest absolute Gasteiger partial charge is 0.373 e. The monoisotopic (exact) mass is 350 g/mol. The van der Waals surface area contributed by atoms with Gasteiger partial charge in [-0.3, -0.25) is 4.90 Å². The maximum Gasteiger partial charge on any atom is 0.315 e. The van der Waals surface area contributed by atoms with Crippen LogP contribution in [0.5, 0.6) is 0 Å². The molecule has 2 aliphatic rings. The van der Waals surface area contributed by atoms with E-state index in [1.165, 1.54) is 0 Å². The van der Waals surface area contributed by atoms with Crippen LogP contribution in [0.15, 0.2) is 6.33 Å². The van der Waals surface area contributed by atoms with Crippen molar-refractivity contribution in [3.63, 3.8) is 0 Å². The van der Waals surface area contributed by atoms with Gasteiger partial charge in [0, 0.05) is 31.7 Å². The van der Waals surface area contributed by atoms with E-state index in [2.05, 4.69) is 53.3 Å². The van der Waals surface area contributed by atoms with Crippen molar-refractivity contribution < 1.29 is 9.53 Å². The molecule has 0 saturated carbocycles. The number of hydrogen-bond acceptors (Lipinski definition) is 5. The highest BCUT2D eigenvalue weighted by Gasteiger charge is 2.33. The van der Waals surface area contributed by atoms with Gasteiger partial charge >= 0.3 is 6.03 Å². The molecule has 0 aliphatic carbocycles. The molecule has 0 radical (unpaired) electrons. The van der Waals surface area contributed by atoms with Crippen LogP contribution in [0.25, 0.3) is 0 Å². The molecule has 8 nitrogen and oxygen atoms in total. The molecule has 1 saturated heterocycles. The summed E-state index contributed by atoms with van der Waals surface area (Å²) in [6.45, 7) is 11.7. The van der Waals surface area contributed by atoms with E-state index in [-0.39, 0.29) is 29.8 Å². The van der Waals surface area contributed by atoms with Crippen molar-refractivity contribution in [2.45, 2.75) is 70.9 Å². The Hall–Kier alpha value is -1.67. The van der Waals surface area contributed by atoms with Gasteiger partial charge in [-0.1, -0.05) is 0 Å². The maximum absolute atomic E-state index is 12.4. The predicted molar refractivity (Wildman–Crippen MR) is 94.2 cm³/mol. The van der Waals surface area contributed by atoms with Crippen LogP contribution < -0.4 is 10.6 Å². The van der Waals surface area contributed by atoms with Crippen molar-refractivity contribution in [1.29, 1.82) is 0 Å². The average molecular weight is 350 g/mol. The summed E-state index contributed by atoms with van der Waals surface area (Å²) in [4.78, 5) is 19.0. The van der Waals surface area contributed by atoms with E-state index in [9.17, 15) is 4.79 Å². The zero-order valence-corrected chi connectivity index (χ0v) is 15.7. The normalized spacial score (nSPS) is 27.6. The van der Waals surface area contributed by atoms with Crippen LogP contribution >= 0.6 is 0 Å². The van der Waals surface area contributed by atoms with Crippen molar-refractivity contribution >= 4 is 6.03 Å². The number of nitrogens with one attached hydrogen (secondary N) is 2. The number of morpholine rings is 1. The second-order valence-electron chi connectivity index (χ2n) is 7.84. The van der Waals surface area contributed by atoms with E-state index in [1.807, 2.05) is 4.68 Å². The van der Waals surface area contributed by atoms with E-state index in [0.29, 0.717) is 6.54 Å². The SMILES string of the molecule is CC1CN(C(C)(C)CNC(=O)NC2CCCn3ncnc32)CC(C)O1. The molecule has 8 heteroatoms. The minimum absolute atomic E-state index is 0.0669. The number of nitrogens with zero attached hydrogens (tertiary/aromatic N) is 4. The lowest BCUT2D eigenvalue weighted by atomic mass is 10.00. The number of hydrogen-bond donors (Lipinski definition) is 2. The number of aryl methyl sites for hydroxylation is 1. The Labute approximate surface area is 149 Å². The van der Waals surface area contributed by atoms with Gasteiger partial charge in [-0.2, -0.15) is 5.10 Å². The average Bonchev–Trinajstić information content (AvgIpc) is 3.02. The Morgan fingerprint density at radius 3 is 2.80 bits per heavy atom. The third-order valence-corrected chi connectivity index (χ3v) is 5.08. The number of amides is 2. The molecule has 0 spiro atoms. The Kier molecular flexibility index (Phi) is 5.29. The summed E-state index contributed by atoms with van der Waals surface area (Å²) >= 11 is 0. The Bertz CT molecular complexity index is 592. The summed E-state index contributed by atoms with van der Waals surface area (Å²) in [6, 6.07) is -0.216. The highest BCUT2D eigenvalue weighted by molar-refractivity contribution is 5.74. The number of carbonyl (C=O) groups excluding carboxylic acids is 1. The molecule has 3 heterocycles. The number of rotatable bonds is 4. The van der Waals surface area contributed by atoms with Gasteiger partial charge in [0.25, 0.3) is 0 Å². The lowest BCUT2D eigenvalue weighted by Gasteiger charge is -2.45. The molecule has 25 heavy (non-hydrogen) atoms. The predicted octanol–water partition coefficient (Wildman–Crippen LogP) is 1.30. The van der Waals surface area contributed by atoms with Crippen molar-refractivity contribution in [3.8, 4) is 0 Å². The highest BCUT2D eigenvalue weighted by atomic mass is 16.5. The standard InChI is InChI=1S/C17H30N6O2/c1-12-8-22(9-13(2)25-12)17(3,4)10-18-16(24)21-14-6-5-7-23-15(14)19-11-20-23/h11-14H,5-10H2,1-4H3,(H2,18,21,24). The molecule has 2 aliphatic heterocycles. The molecule has 0 bridgehead atoms. The van der Waals surface area contributed by atoms with Crippen molar-refractivity contribution in [2.24, 2.45) is 0 Å². The molecular weight excluding hydrogens is 320 g/mol. The lowest BCUT2D eigenvalue weighted by Crippen LogP contribution is -2.59. The number of carbonyl (C=O) groups is 1. The van der Waals surface area contributed by atoms with Gasteiger partial charge in [0.1, 0.15) is 12.2 Å². The van der Waals surface area contributed by atoms with Gasteiger partial charge in [0.05, 0.1) is 18.2 Å². The maximum atomic E-state index is 12.4. The molecule has 3 atom stereocenters. The fraction of sp³-hybridized carbons (Fsp3) is 0.824. The quantitative estimate of drug-likeness (QED) is 0.855. The van der Waals surface area contributed by atoms with Gasteiger partial charge in [-0.25, -0.2) is 14.5 Å². The van der Waals surface area contributed by atoms with E-state index < -0.39 is 0 Å². The van der Waals surface area contributed by atoms with Crippen LogP contribution in [0.3, 0.4) is 0 Å². The van der Waals surface area contributed by atoms with Crippen LogP contribution in [0.2, 0.25) is 0 Å².